The van der Waals surface area contributed by atoms with Gasteiger partial charge in [0, 0.05) is 35.9 Å². The van der Waals surface area contributed by atoms with Crippen LogP contribution in [0.4, 0.5) is 5.69 Å². The van der Waals surface area contributed by atoms with Crippen LogP contribution in [0.3, 0.4) is 0 Å². The van der Waals surface area contributed by atoms with E-state index >= 15 is 0 Å². The highest BCUT2D eigenvalue weighted by atomic mass is 32.1. The molecule has 0 unspecified atom stereocenters. The number of nitrogens with one attached hydrogen (secondary N) is 2. The van der Waals surface area contributed by atoms with Crippen molar-refractivity contribution in [2.75, 3.05) is 12.4 Å². The molecule has 0 saturated heterocycles. The normalized spacial score (nSPS) is 10.9. The predicted molar refractivity (Wildman–Crippen MR) is 71.5 cm³/mol. The first-order chi connectivity index (χ1) is 8.29. The molecule has 3 aromatic rings. The van der Waals surface area contributed by atoms with Crippen molar-refractivity contribution in [3.05, 3.63) is 29.5 Å². The Morgan fingerprint density at radius 1 is 1.41 bits per heavy atom. The molecule has 0 fully saturated rings. The van der Waals surface area contributed by atoms with Gasteiger partial charge in [0.1, 0.15) is 10.7 Å². The fourth-order valence-corrected chi connectivity index (χ4v) is 2.73. The average Bonchev–Trinajstić information content (AvgIpc) is 2.95. The lowest BCUT2D eigenvalue weighted by Crippen LogP contribution is -1.94. The highest BCUT2D eigenvalue weighted by molar-refractivity contribution is 7.13. The second-order valence-electron chi connectivity index (χ2n) is 3.83. The lowest BCUT2D eigenvalue weighted by atomic mass is 10.2. The smallest absolute Gasteiger partial charge is 0.139 e. The molecule has 5 heteroatoms. The summed E-state index contributed by atoms with van der Waals surface area (Å²) in [6, 6.07) is 2.03. The largest absolute Gasteiger partial charge is 0.387 e. The highest BCUT2D eigenvalue weighted by Gasteiger charge is 2.12. The summed E-state index contributed by atoms with van der Waals surface area (Å²) in [4.78, 5) is 12.0. The third-order valence-electron chi connectivity index (χ3n) is 2.69. The molecule has 0 saturated carbocycles. The maximum absolute atomic E-state index is 4.51. The Bertz CT molecular complexity index is 668. The van der Waals surface area contributed by atoms with Crippen molar-refractivity contribution < 1.29 is 0 Å². The van der Waals surface area contributed by atoms with Gasteiger partial charge < -0.3 is 10.3 Å². The van der Waals surface area contributed by atoms with Gasteiger partial charge in [0.2, 0.25) is 0 Å². The number of aromatic nitrogens is 3. The predicted octanol–water partition coefficient (Wildman–Crippen LogP) is 3.04. The minimum Gasteiger partial charge on any atom is -0.387 e. The summed E-state index contributed by atoms with van der Waals surface area (Å²) >= 11 is 1.64. The standard InChI is InChI=1S/C12H12N4S/c1-7-6-17-12(16-7)9-5-15-11-8(3-4-14-11)10(9)13-2/h3-6H,1-2H3,(H2,13,14,15). The Morgan fingerprint density at radius 2 is 2.29 bits per heavy atom. The first-order valence-corrected chi connectivity index (χ1v) is 6.24. The molecule has 17 heavy (non-hydrogen) atoms. The van der Waals surface area contributed by atoms with Gasteiger partial charge in [-0.3, -0.25) is 0 Å². The molecule has 0 atom stereocenters. The van der Waals surface area contributed by atoms with Crippen LogP contribution in [0.15, 0.2) is 23.8 Å². The topological polar surface area (TPSA) is 53.6 Å². The van der Waals surface area contributed by atoms with Crippen LogP contribution < -0.4 is 5.32 Å². The summed E-state index contributed by atoms with van der Waals surface area (Å²) in [5.41, 5.74) is 4.07. The number of hydrogen-bond donors (Lipinski definition) is 2. The zero-order valence-electron chi connectivity index (χ0n) is 9.61. The fourth-order valence-electron chi connectivity index (χ4n) is 1.92. The Kier molecular flexibility index (Phi) is 2.33. The van der Waals surface area contributed by atoms with E-state index in [-0.39, 0.29) is 0 Å². The van der Waals surface area contributed by atoms with E-state index in [1.807, 2.05) is 32.4 Å². The number of nitrogens with zero attached hydrogens (tertiary/aromatic N) is 2. The van der Waals surface area contributed by atoms with Gasteiger partial charge in [0.05, 0.1) is 11.3 Å². The summed E-state index contributed by atoms with van der Waals surface area (Å²) in [5, 5.41) is 7.39. The molecule has 0 aliphatic carbocycles. The molecule has 0 bridgehead atoms. The average molecular weight is 244 g/mol. The van der Waals surface area contributed by atoms with Gasteiger partial charge >= 0.3 is 0 Å². The Labute approximate surface area is 103 Å². The van der Waals surface area contributed by atoms with Crippen LogP contribution >= 0.6 is 11.3 Å². The van der Waals surface area contributed by atoms with Gasteiger partial charge in [-0.2, -0.15) is 0 Å². The molecule has 3 aromatic heterocycles. The Hall–Kier alpha value is -1.88. The van der Waals surface area contributed by atoms with Crippen molar-refractivity contribution in [2.45, 2.75) is 6.92 Å². The molecule has 0 aliphatic heterocycles. The molecular formula is C12H12N4S. The van der Waals surface area contributed by atoms with Crippen LogP contribution in [0.5, 0.6) is 0 Å². The number of pyridine rings is 1. The quantitative estimate of drug-likeness (QED) is 0.728. The number of fused-ring (bicyclic) bond motifs is 1. The second kappa shape index (κ2) is 3.85. The Balaban J connectivity index is 2.28. The van der Waals surface area contributed by atoms with Crippen LogP contribution in [-0.4, -0.2) is 22.0 Å². The molecule has 0 aromatic carbocycles. The van der Waals surface area contributed by atoms with E-state index in [0.29, 0.717) is 0 Å². The number of hydrogen-bond acceptors (Lipinski definition) is 4. The van der Waals surface area contributed by atoms with E-state index < -0.39 is 0 Å². The molecule has 3 heterocycles. The van der Waals surface area contributed by atoms with Crippen LogP contribution in [0.2, 0.25) is 0 Å². The van der Waals surface area contributed by atoms with Crippen molar-refractivity contribution in [3.63, 3.8) is 0 Å². The van der Waals surface area contributed by atoms with E-state index in [0.717, 1.165) is 33.0 Å². The molecule has 0 amide bonds. The summed E-state index contributed by atoms with van der Waals surface area (Å²) in [5.74, 6) is 0. The maximum atomic E-state index is 4.51. The third-order valence-corrected chi connectivity index (χ3v) is 3.68. The first-order valence-electron chi connectivity index (χ1n) is 5.36. The molecule has 2 N–H and O–H groups in total. The lowest BCUT2D eigenvalue weighted by molar-refractivity contribution is 1.26. The summed E-state index contributed by atoms with van der Waals surface area (Å²) in [6.45, 7) is 2.00. The van der Waals surface area contributed by atoms with E-state index in [4.69, 9.17) is 0 Å². The highest BCUT2D eigenvalue weighted by Crippen LogP contribution is 2.34. The molecule has 0 radical (unpaired) electrons. The molecule has 4 nitrogen and oxygen atoms in total. The van der Waals surface area contributed by atoms with Gasteiger partial charge in [-0.15, -0.1) is 11.3 Å². The summed E-state index contributed by atoms with van der Waals surface area (Å²) in [7, 11) is 1.92. The van der Waals surface area contributed by atoms with Crippen LogP contribution in [0, 0.1) is 6.92 Å². The van der Waals surface area contributed by atoms with Crippen molar-refractivity contribution in [1.29, 1.82) is 0 Å². The number of H-pyrrole nitrogens is 1. The number of aryl methyl sites for hydroxylation is 1. The summed E-state index contributed by atoms with van der Waals surface area (Å²) < 4.78 is 0. The van der Waals surface area contributed by atoms with Gasteiger partial charge in [-0.25, -0.2) is 9.97 Å². The SMILES string of the molecule is CNc1c(-c2nc(C)cs2)cnc2[nH]ccc12. The monoisotopic (exact) mass is 244 g/mol. The molecule has 0 spiro atoms. The zero-order chi connectivity index (χ0) is 11.8. The van der Waals surface area contributed by atoms with E-state index in [1.54, 1.807) is 11.3 Å². The number of aromatic amines is 1. The molecule has 0 aliphatic rings. The maximum Gasteiger partial charge on any atom is 0.139 e. The van der Waals surface area contributed by atoms with Crippen LogP contribution in [0.1, 0.15) is 5.69 Å². The molecule has 86 valence electrons. The van der Waals surface area contributed by atoms with Crippen molar-refractivity contribution in [1.82, 2.24) is 15.0 Å². The van der Waals surface area contributed by atoms with E-state index in [2.05, 4.69) is 25.6 Å². The van der Waals surface area contributed by atoms with Gasteiger partial charge in [-0.1, -0.05) is 0 Å². The van der Waals surface area contributed by atoms with E-state index in [1.165, 1.54) is 0 Å². The number of anilines is 1. The third kappa shape index (κ3) is 1.59. The van der Waals surface area contributed by atoms with E-state index in [9.17, 15) is 0 Å². The summed E-state index contributed by atoms with van der Waals surface area (Å²) in [6.07, 6.45) is 3.76. The van der Waals surface area contributed by atoms with Gasteiger partial charge in [0.25, 0.3) is 0 Å². The molecule has 3 rings (SSSR count). The fraction of sp³-hybridized carbons (Fsp3) is 0.167. The zero-order valence-corrected chi connectivity index (χ0v) is 10.4. The minimum atomic E-state index is 0.895. The van der Waals surface area contributed by atoms with Crippen LogP contribution in [-0.2, 0) is 0 Å². The number of thiazole rings is 1. The molecular weight excluding hydrogens is 232 g/mol. The van der Waals surface area contributed by atoms with Crippen molar-refractivity contribution >= 4 is 28.1 Å². The Morgan fingerprint density at radius 3 is 3.00 bits per heavy atom. The minimum absolute atomic E-state index is 0.895. The van der Waals surface area contributed by atoms with Gasteiger partial charge in [0.15, 0.2) is 0 Å². The van der Waals surface area contributed by atoms with Crippen molar-refractivity contribution in [2.24, 2.45) is 0 Å². The number of rotatable bonds is 2. The second-order valence-corrected chi connectivity index (χ2v) is 4.69. The van der Waals surface area contributed by atoms with Gasteiger partial charge in [-0.05, 0) is 13.0 Å². The lowest BCUT2D eigenvalue weighted by Gasteiger charge is -2.07. The van der Waals surface area contributed by atoms with Crippen molar-refractivity contribution in [3.8, 4) is 10.6 Å². The van der Waals surface area contributed by atoms with Crippen LogP contribution in [0.25, 0.3) is 21.6 Å². The first kappa shape index (κ1) is 10.3.